The highest BCUT2D eigenvalue weighted by atomic mass is 16.5. The summed E-state index contributed by atoms with van der Waals surface area (Å²) in [4.78, 5) is 10.5. The number of aromatic amines is 1. The average molecular weight is 248 g/mol. The van der Waals surface area contributed by atoms with Gasteiger partial charge in [0.25, 0.3) is 0 Å². The molecule has 0 atom stereocenters. The van der Waals surface area contributed by atoms with Gasteiger partial charge in [0.05, 0.1) is 6.20 Å². The van der Waals surface area contributed by atoms with E-state index in [9.17, 15) is 0 Å². The summed E-state index contributed by atoms with van der Waals surface area (Å²) in [5.41, 5.74) is 6.23. The zero-order valence-electron chi connectivity index (χ0n) is 10.1. The average Bonchev–Trinajstić information content (AvgIpc) is 2.98. The lowest BCUT2D eigenvalue weighted by atomic mass is 10.4. The Kier molecular flexibility index (Phi) is 2.97. The van der Waals surface area contributed by atoms with E-state index in [-0.39, 0.29) is 5.95 Å². The topological polar surface area (TPSA) is 93.0 Å². The number of aromatic nitrogens is 4. The molecule has 0 bridgehead atoms. The molecule has 2 aromatic heterocycles. The van der Waals surface area contributed by atoms with Crippen molar-refractivity contribution in [1.29, 1.82) is 0 Å². The molecule has 1 aliphatic rings. The van der Waals surface area contributed by atoms with Gasteiger partial charge >= 0.3 is 0 Å². The molecule has 0 unspecified atom stereocenters. The first-order valence-corrected chi connectivity index (χ1v) is 6.15. The summed E-state index contributed by atoms with van der Waals surface area (Å²) < 4.78 is 5.69. The van der Waals surface area contributed by atoms with E-state index in [1.165, 1.54) is 12.8 Å². The highest BCUT2D eigenvalue weighted by molar-refractivity contribution is 5.80. The van der Waals surface area contributed by atoms with Crippen LogP contribution < -0.4 is 10.5 Å². The van der Waals surface area contributed by atoms with Gasteiger partial charge in [-0.25, -0.2) is 0 Å². The Balaban J connectivity index is 1.67. The molecule has 0 spiro atoms. The molecule has 1 aliphatic heterocycles. The Morgan fingerprint density at radius 1 is 1.33 bits per heavy atom. The minimum atomic E-state index is 0.197. The second-order valence-electron chi connectivity index (χ2n) is 4.42. The smallest absolute Gasteiger partial charge is 0.229 e. The number of ether oxygens (including phenoxy) is 1. The second-order valence-corrected chi connectivity index (χ2v) is 4.42. The molecule has 18 heavy (non-hydrogen) atoms. The monoisotopic (exact) mass is 248 g/mol. The molecular formula is C11H16N6O. The number of nitrogens with one attached hydrogen (secondary N) is 1. The number of fused-ring (bicyclic) bond motifs is 1. The van der Waals surface area contributed by atoms with Crippen molar-refractivity contribution in [3.63, 3.8) is 0 Å². The van der Waals surface area contributed by atoms with Crippen LogP contribution in [0.3, 0.4) is 0 Å². The fourth-order valence-corrected chi connectivity index (χ4v) is 2.21. The molecule has 0 saturated carbocycles. The predicted molar refractivity (Wildman–Crippen MR) is 67.3 cm³/mol. The molecule has 2 aromatic rings. The first-order valence-electron chi connectivity index (χ1n) is 6.15. The van der Waals surface area contributed by atoms with E-state index in [1.54, 1.807) is 6.20 Å². The van der Waals surface area contributed by atoms with Gasteiger partial charge < -0.3 is 10.5 Å². The third-order valence-corrected chi connectivity index (χ3v) is 3.14. The van der Waals surface area contributed by atoms with Crippen LogP contribution in [0.4, 0.5) is 5.95 Å². The molecule has 7 nitrogen and oxygen atoms in total. The van der Waals surface area contributed by atoms with Crippen LogP contribution in [0, 0.1) is 0 Å². The normalized spacial score (nSPS) is 16.4. The lowest BCUT2D eigenvalue weighted by Crippen LogP contribution is -2.25. The number of rotatable bonds is 4. The fraction of sp³-hybridized carbons (Fsp3) is 0.545. The number of likely N-dealkylation sites (tertiary alicyclic amines) is 1. The van der Waals surface area contributed by atoms with Gasteiger partial charge in [-0.15, -0.1) is 0 Å². The van der Waals surface area contributed by atoms with Gasteiger partial charge in [-0.3, -0.25) is 10.00 Å². The molecule has 0 aromatic carbocycles. The Hall–Kier alpha value is -1.89. The maximum atomic E-state index is 5.69. The Morgan fingerprint density at radius 3 is 3.00 bits per heavy atom. The van der Waals surface area contributed by atoms with Gasteiger partial charge in [0.1, 0.15) is 12.0 Å². The number of H-pyrrole nitrogens is 1. The summed E-state index contributed by atoms with van der Waals surface area (Å²) in [6.07, 6.45) is 4.22. The van der Waals surface area contributed by atoms with Crippen molar-refractivity contribution >= 4 is 17.0 Å². The van der Waals surface area contributed by atoms with Gasteiger partial charge in [-0.05, 0) is 25.9 Å². The zero-order valence-corrected chi connectivity index (χ0v) is 10.1. The fourth-order valence-electron chi connectivity index (χ4n) is 2.21. The molecule has 0 amide bonds. The summed E-state index contributed by atoms with van der Waals surface area (Å²) in [5.74, 6) is 0.702. The van der Waals surface area contributed by atoms with Crippen LogP contribution in [0.1, 0.15) is 12.8 Å². The number of nitrogens with zero attached hydrogens (tertiary/aromatic N) is 4. The maximum Gasteiger partial charge on any atom is 0.229 e. The van der Waals surface area contributed by atoms with Crippen LogP contribution in [0.15, 0.2) is 6.20 Å². The van der Waals surface area contributed by atoms with E-state index in [2.05, 4.69) is 25.1 Å². The van der Waals surface area contributed by atoms with Crippen LogP contribution in [-0.2, 0) is 0 Å². The number of hydrogen-bond donors (Lipinski definition) is 2. The minimum absolute atomic E-state index is 0.197. The van der Waals surface area contributed by atoms with E-state index < -0.39 is 0 Å². The molecule has 0 radical (unpaired) electrons. The zero-order chi connectivity index (χ0) is 12.4. The largest absolute Gasteiger partial charge is 0.476 e. The first-order chi connectivity index (χ1) is 8.83. The molecule has 3 N–H and O–H groups in total. The molecular weight excluding hydrogens is 232 g/mol. The van der Waals surface area contributed by atoms with E-state index in [0.717, 1.165) is 25.0 Å². The van der Waals surface area contributed by atoms with Crippen molar-refractivity contribution in [2.45, 2.75) is 12.8 Å². The van der Waals surface area contributed by atoms with Crippen LogP contribution in [-0.4, -0.2) is 51.3 Å². The van der Waals surface area contributed by atoms with Crippen LogP contribution in [0.25, 0.3) is 11.0 Å². The van der Waals surface area contributed by atoms with Crippen LogP contribution in [0.2, 0.25) is 0 Å². The molecule has 1 fully saturated rings. The molecule has 96 valence electrons. The second kappa shape index (κ2) is 4.77. The van der Waals surface area contributed by atoms with Crippen molar-refractivity contribution in [2.75, 3.05) is 32.0 Å². The molecule has 3 rings (SSSR count). The van der Waals surface area contributed by atoms with Crippen LogP contribution >= 0.6 is 0 Å². The number of hydrogen-bond acceptors (Lipinski definition) is 6. The summed E-state index contributed by atoms with van der Waals surface area (Å²) in [6, 6.07) is 0. The summed E-state index contributed by atoms with van der Waals surface area (Å²) in [6.45, 7) is 3.85. The molecule has 1 saturated heterocycles. The lowest BCUT2D eigenvalue weighted by molar-refractivity contribution is 0.234. The highest BCUT2D eigenvalue weighted by Gasteiger charge is 2.13. The van der Waals surface area contributed by atoms with Gasteiger partial charge in [0.15, 0.2) is 5.65 Å². The van der Waals surface area contributed by atoms with Gasteiger partial charge in [0, 0.05) is 6.54 Å². The molecule has 3 heterocycles. The number of nitrogen functional groups attached to an aromatic ring is 1. The van der Waals surface area contributed by atoms with E-state index in [4.69, 9.17) is 10.5 Å². The van der Waals surface area contributed by atoms with Crippen molar-refractivity contribution < 1.29 is 4.74 Å². The van der Waals surface area contributed by atoms with Crippen molar-refractivity contribution in [1.82, 2.24) is 25.1 Å². The predicted octanol–water partition coefficient (Wildman–Crippen LogP) is 0.410. The van der Waals surface area contributed by atoms with E-state index >= 15 is 0 Å². The third kappa shape index (κ3) is 2.21. The summed E-state index contributed by atoms with van der Waals surface area (Å²) in [7, 11) is 0. The lowest BCUT2D eigenvalue weighted by Gasteiger charge is -2.14. The molecule has 0 aliphatic carbocycles. The van der Waals surface area contributed by atoms with Gasteiger partial charge in [-0.2, -0.15) is 15.1 Å². The Labute approximate surface area is 104 Å². The van der Waals surface area contributed by atoms with Crippen LogP contribution in [0.5, 0.6) is 5.88 Å². The minimum Gasteiger partial charge on any atom is -0.476 e. The van der Waals surface area contributed by atoms with E-state index in [0.29, 0.717) is 18.1 Å². The van der Waals surface area contributed by atoms with Gasteiger partial charge in [-0.1, -0.05) is 0 Å². The number of nitrogens with two attached hydrogens (primary N) is 1. The van der Waals surface area contributed by atoms with Crippen molar-refractivity contribution in [3.05, 3.63) is 6.20 Å². The quantitative estimate of drug-likeness (QED) is 0.814. The SMILES string of the molecule is Nc1nc(OCCN2CCCC2)c2cn[nH]c2n1. The standard InChI is InChI=1S/C11H16N6O/c12-11-14-9-8(7-13-16-9)10(15-11)18-6-5-17-3-1-2-4-17/h7H,1-6H2,(H3,12,13,14,15,16). The van der Waals surface area contributed by atoms with E-state index in [1.807, 2.05) is 0 Å². The third-order valence-electron chi connectivity index (χ3n) is 3.14. The Morgan fingerprint density at radius 2 is 2.17 bits per heavy atom. The highest BCUT2D eigenvalue weighted by Crippen LogP contribution is 2.21. The molecule has 7 heteroatoms. The number of anilines is 1. The van der Waals surface area contributed by atoms with Crippen molar-refractivity contribution in [3.8, 4) is 5.88 Å². The maximum absolute atomic E-state index is 5.69. The van der Waals surface area contributed by atoms with Crippen molar-refractivity contribution in [2.24, 2.45) is 0 Å². The Bertz CT molecular complexity index is 533. The summed E-state index contributed by atoms with van der Waals surface area (Å²) >= 11 is 0. The first kappa shape index (κ1) is 11.2. The van der Waals surface area contributed by atoms with Gasteiger partial charge in [0.2, 0.25) is 11.8 Å². The summed E-state index contributed by atoms with van der Waals surface area (Å²) in [5, 5.41) is 7.45.